The van der Waals surface area contributed by atoms with E-state index >= 15 is 0 Å². The summed E-state index contributed by atoms with van der Waals surface area (Å²) in [5.74, 6) is -2.64. The average Bonchev–Trinajstić information content (AvgIpc) is 2.60. The SMILES string of the molecule is CC=C1C(C)C(C(F)(F)F)(C(F)(F)F)C(C#N)=C(N)N1c1ccc(OC)cc1. The van der Waals surface area contributed by atoms with Crippen LogP contribution in [0.2, 0.25) is 0 Å². The van der Waals surface area contributed by atoms with Crippen LogP contribution in [-0.2, 0) is 0 Å². The zero-order valence-electron chi connectivity index (χ0n) is 15.1. The molecule has 10 heteroatoms. The van der Waals surface area contributed by atoms with Crippen LogP contribution in [0.3, 0.4) is 0 Å². The van der Waals surface area contributed by atoms with E-state index in [0.29, 0.717) is 5.75 Å². The summed E-state index contributed by atoms with van der Waals surface area (Å²) in [5, 5.41) is 9.29. The van der Waals surface area contributed by atoms with E-state index in [-0.39, 0.29) is 11.4 Å². The van der Waals surface area contributed by atoms with E-state index in [1.807, 2.05) is 0 Å². The molecular formula is C18H17F6N3O. The summed E-state index contributed by atoms with van der Waals surface area (Å²) in [6, 6.07) is 6.87. The van der Waals surface area contributed by atoms with E-state index in [9.17, 15) is 31.6 Å². The van der Waals surface area contributed by atoms with Crippen molar-refractivity contribution in [2.45, 2.75) is 26.2 Å². The van der Waals surface area contributed by atoms with Gasteiger partial charge in [-0.2, -0.15) is 31.6 Å². The van der Waals surface area contributed by atoms with E-state index in [0.717, 1.165) is 24.0 Å². The Bertz CT molecular complexity index is 832. The van der Waals surface area contributed by atoms with Crippen molar-refractivity contribution in [3.05, 3.63) is 47.4 Å². The lowest BCUT2D eigenvalue weighted by Crippen LogP contribution is -2.60. The summed E-state index contributed by atoms with van der Waals surface area (Å²) in [5.41, 5.74) is -0.375. The Morgan fingerprint density at radius 3 is 2.00 bits per heavy atom. The van der Waals surface area contributed by atoms with Gasteiger partial charge in [-0.05, 0) is 31.2 Å². The number of nitrogens with zero attached hydrogens (tertiary/aromatic N) is 2. The van der Waals surface area contributed by atoms with Gasteiger partial charge in [-0.3, -0.25) is 0 Å². The van der Waals surface area contributed by atoms with Crippen LogP contribution in [0.1, 0.15) is 13.8 Å². The van der Waals surface area contributed by atoms with Crippen molar-refractivity contribution in [1.29, 1.82) is 5.26 Å². The van der Waals surface area contributed by atoms with E-state index < -0.39 is 35.1 Å². The third-order valence-corrected chi connectivity index (χ3v) is 4.88. The molecule has 0 aromatic heterocycles. The van der Waals surface area contributed by atoms with Crippen LogP contribution in [-0.4, -0.2) is 19.5 Å². The van der Waals surface area contributed by atoms with Crippen LogP contribution in [0, 0.1) is 22.7 Å². The maximum Gasteiger partial charge on any atom is 0.408 e. The summed E-state index contributed by atoms with van der Waals surface area (Å²) < 4.78 is 88.2. The highest BCUT2D eigenvalue weighted by Crippen LogP contribution is 2.63. The zero-order chi connectivity index (χ0) is 21.5. The number of ether oxygens (including phenoxy) is 1. The van der Waals surface area contributed by atoms with Crippen LogP contribution in [0.5, 0.6) is 5.75 Å². The monoisotopic (exact) mass is 405 g/mol. The predicted octanol–water partition coefficient (Wildman–Crippen LogP) is 4.86. The molecule has 0 saturated heterocycles. The first-order valence-corrected chi connectivity index (χ1v) is 8.02. The number of nitriles is 1. The molecule has 0 radical (unpaired) electrons. The zero-order valence-corrected chi connectivity index (χ0v) is 15.1. The van der Waals surface area contributed by atoms with Gasteiger partial charge in [0.2, 0.25) is 5.41 Å². The van der Waals surface area contributed by atoms with Crippen LogP contribution < -0.4 is 15.4 Å². The molecule has 152 valence electrons. The van der Waals surface area contributed by atoms with Crippen LogP contribution in [0.4, 0.5) is 32.0 Å². The molecule has 0 amide bonds. The molecule has 1 atom stereocenters. The summed E-state index contributed by atoms with van der Waals surface area (Å²) >= 11 is 0. The van der Waals surface area contributed by atoms with Crippen molar-refractivity contribution in [2.24, 2.45) is 17.1 Å². The van der Waals surface area contributed by atoms with Crippen molar-refractivity contribution >= 4 is 5.69 Å². The quantitative estimate of drug-likeness (QED) is 0.714. The maximum atomic E-state index is 13.9. The number of halogens is 6. The predicted molar refractivity (Wildman–Crippen MR) is 89.8 cm³/mol. The molecule has 1 heterocycles. The van der Waals surface area contributed by atoms with Gasteiger partial charge in [-0.1, -0.05) is 13.0 Å². The molecule has 1 aromatic rings. The van der Waals surface area contributed by atoms with Gasteiger partial charge in [-0.25, -0.2) is 0 Å². The fourth-order valence-corrected chi connectivity index (χ4v) is 3.56. The lowest BCUT2D eigenvalue weighted by molar-refractivity contribution is -0.337. The Morgan fingerprint density at radius 1 is 1.14 bits per heavy atom. The first kappa shape index (κ1) is 21.5. The molecule has 0 fully saturated rings. The molecule has 1 aliphatic rings. The summed E-state index contributed by atoms with van der Waals surface area (Å²) in [6.45, 7) is 2.10. The molecule has 0 aliphatic carbocycles. The smallest absolute Gasteiger partial charge is 0.408 e. The molecule has 1 unspecified atom stereocenters. The number of anilines is 1. The van der Waals surface area contributed by atoms with Gasteiger partial charge >= 0.3 is 12.4 Å². The van der Waals surface area contributed by atoms with Gasteiger partial charge in [0.15, 0.2) is 0 Å². The van der Waals surface area contributed by atoms with Crippen LogP contribution in [0.15, 0.2) is 47.4 Å². The lowest BCUT2D eigenvalue weighted by Gasteiger charge is -2.49. The Hall–Kier alpha value is -2.83. The molecule has 0 spiro atoms. The molecule has 4 nitrogen and oxygen atoms in total. The minimum absolute atomic E-state index is 0.198. The number of allylic oxidation sites excluding steroid dienone is 3. The third kappa shape index (κ3) is 2.85. The van der Waals surface area contributed by atoms with Crippen molar-refractivity contribution in [1.82, 2.24) is 0 Å². The molecule has 1 aliphatic heterocycles. The van der Waals surface area contributed by atoms with Gasteiger partial charge in [0.05, 0.1) is 18.8 Å². The minimum Gasteiger partial charge on any atom is -0.497 e. The van der Waals surface area contributed by atoms with Crippen LogP contribution >= 0.6 is 0 Å². The van der Waals surface area contributed by atoms with Crippen molar-refractivity contribution in [3.63, 3.8) is 0 Å². The van der Waals surface area contributed by atoms with Crippen LogP contribution in [0.25, 0.3) is 0 Å². The molecule has 28 heavy (non-hydrogen) atoms. The van der Waals surface area contributed by atoms with Gasteiger partial charge in [-0.15, -0.1) is 0 Å². The second-order valence-electron chi connectivity index (χ2n) is 6.14. The van der Waals surface area contributed by atoms with E-state index in [1.54, 1.807) is 0 Å². The Morgan fingerprint density at radius 2 is 1.64 bits per heavy atom. The Balaban J connectivity index is 2.90. The molecule has 0 bridgehead atoms. The highest BCUT2D eigenvalue weighted by atomic mass is 19.4. The second-order valence-corrected chi connectivity index (χ2v) is 6.14. The number of alkyl halides is 6. The molecule has 1 aromatic carbocycles. The van der Waals surface area contributed by atoms with Gasteiger partial charge in [0.1, 0.15) is 11.6 Å². The normalized spacial score (nSPS) is 21.6. The minimum atomic E-state index is -5.79. The average molecular weight is 405 g/mol. The number of nitrogens with two attached hydrogens (primary N) is 1. The largest absolute Gasteiger partial charge is 0.497 e. The van der Waals surface area contributed by atoms with E-state index in [2.05, 4.69) is 0 Å². The number of benzene rings is 1. The first-order chi connectivity index (χ1) is 12.9. The molecular weight excluding hydrogens is 388 g/mol. The summed E-state index contributed by atoms with van der Waals surface area (Å²) in [6.07, 6.45) is -10.5. The van der Waals surface area contributed by atoms with Gasteiger partial charge in [0.25, 0.3) is 0 Å². The Labute approximate surface area is 157 Å². The first-order valence-electron chi connectivity index (χ1n) is 8.02. The van der Waals surface area contributed by atoms with Crippen molar-refractivity contribution in [2.75, 3.05) is 12.0 Å². The number of hydrogen-bond donors (Lipinski definition) is 1. The number of methoxy groups -OCH3 is 1. The fourth-order valence-electron chi connectivity index (χ4n) is 3.56. The van der Waals surface area contributed by atoms with Gasteiger partial charge < -0.3 is 15.4 Å². The molecule has 2 N–H and O–H groups in total. The van der Waals surface area contributed by atoms with E-state index in [4.69, 9.17) is 10.5 Å². The summed E-state index contributed by atoms with van der Waals surface area (Å²) in [4.78, 5) is 1.03. The number of hydrogen-bond acceptors (Lipinski definition) is 4. The van der Waals surface area contributed by atoms with Crippen molar-refractivity contribution in [3.8, 4) is 11.8 Å². The fraction of sp³-hybridized carbons (Fsp3) is 0.389. The lowest BCUT2D eigenvalue weighted by atomic mass is 9.65. The molecule has 0 saturated carbocycles. The Kier molecular flexibility index (Phi) is 5.34. The highest BCUT2D eigenvalue weighted by Gasteiger charge is 2.77. The standard InChI is InChI=1S/C18H17F6N3O/c1-4-14-10(2)16(17(19,20)21,18(22,23)24)13(9-25)15(26)27(14)11-5-7-12(28-3)8-6-11/h4-8,10H,26H2,1-3H3. The highest BCUT2D eigenvalue weighted by molar-refractivity contribution is 5.65. The maximum absolute atomic E-state index is 13.9. The van der Waals surface area contributed by atoms with Crippen molar-refractivity contribution < 1.29 is 31.1 Å². The van der Waals surface area contributed by atoms with E-state index in [1.165, 1.54) is 38.3 Å². The summed E-state index contributed by atoms with van der Waals surface area (Å²) in [7, 11) is 1.40. The molecule has 2 rings (SSSR count). The second kappa shape index (κ2) is 6.96. The topological polar surface area (TPSA) is 62.3 Å². The number of rotatable bonds is 2. The van der Waals surface area contributed by atoms with Gasteiger partial charge in [0, 0.05) is 17.3 Å². The third-order valence-electron chi connectivity index (χ3n) is 4.88.